The van der Waals surface area contributed by atoms with E-state index in [0.717, 1.165) is 55.6 Å². The highest BCUT2D eigenvalue weighted by molar-refractivity contribution is 5.99. The maximum atomic E-state index is 13.9. The average Bonchev–Trinajstić information content (AvgIpc) is 3.42. The molecule has 0 bridgehead atoms. The summed E-state index contributed by atoms with van der Waals surface area (Å²) in [6.45, 7) is 8.47. The van der Waals surface area contributed by atoms with Gasteiger partial charge in [0.1, 0.15) is 5.69 Å². The number of amides is 1. The number of nitrogens with zero attached hydrogens (tertiary/aromatic N) is 2. The van der Waals surface area contributed by atoms with Crippen LogP contribution < -0.4 is 5.32 Å². The summed E-state index contributed by atoms with van der Waals surface area (Å²) in [5, 5.41) is 4.69. The van der Waals surface area contributed by atoms with E-state index in [9.17, 15) is 4.79 Å². The molecule has 3 aromatic rings. The molecule has 1 aliphatic rings. The maximum Gasteiger partial charge on any atom is 0.270 e. The molecule has 0 radical (unpaired) electrons. The number of carbonyl (C=O) groups excluding carboxylic acids is 1. The first-order valence-electron chi connectivity index (χ1n) is 12.2. The van der Waals surface area contributed by atoms with Crippen LogP contribution in [0.25, 0.3) is 10.9 Å². The number of fused-ring (bicyclic) bond motifs is 1. The lowest BCUT2D eigenvalue weighted by atomic mass is 9.89. The van der Waals surface area contributed by atoms with Crippen molar-refractivity contribution in [3.63, 3.8) is 0 Å². The van der Waals surface area contributed by atoms with E-state index in [1.54, 1.807) is 7.11 Å². The number of para-hydroxylation sites is 1. The van der Waals surface area contributed by atoms with E-state index < -0.39 is 0 Å². The van der Waals surface area contributed by atoms with Gasteiger partial charge < -0.3 is 19.5 Å². The fraction of sp³-hybridized carbons (Fsp3) is 0.464. The van der Waals surface area contributed by atoms with Crippen molar-refractivity contribution in [2.75, 3.05) is 33.4 Å². The molecule has 0 aliphatic carbocycles. The third-order valence-corrected chi connectivity index (χ3v) is 6.90. The number of benzene rings is 2. The summed E-state index contributed by atoms with van der Waals surface area (Å²) >= 11 is 0. The molecule has 4 rings (SSSR count). The Morgan fingerprint density at radius 1 is 1.09 bits per heavy atom. The van der Waals surface area contributed by atoms with Crippen LogP contribution in [0.4, 0.5) is 0 Å². The summed E-state index contributed by atoms with van der Waals surface area (Å²) in [5.74, 6) is 1.11. The minimum absolute atomic E-state index is 0.129. The molecule has 0 spiro atoms. The van der Waals surface area contributed by atoms with Gasteiger partial charge in [-0.05, 0) is 69.3 Å². The van der Waals surface area contributed by atoms with Crippen LogP contribution in [0.3, 0.4) is 0 Å². The van der Waals surface area contributed by atoms with E-state index in [2.05, 4.69) is 77.2 Å². The highest BCUT2D eigenvalue weighted by atomic mass is 16.5. The molecule has 33 heavy (non-hydrogen) atoms. The quantitative estimate of drug-likeness (QED) is 0.462. The van der Waals surface area contributed by atoms with Crippen molar-refractivity contribution in [3.8, 4) is 0 Å². The molecule has 5 nitrogen and oxygen atoms in total. The van der Waals surface area contributed by atoms with Gasteiger partial charge in [0.05, 0.1) is 0 Å². The first-order chi connectivity index (χ1) is 16.1. The molecular weight excluding hydrogens is 410 g/mol. The van der Waals surface area contributed by atoms with E-state index in [1.165, 1.54) is 5.56 Å². The van der Waals surface area contributed by atoms with Gasteiger partial charge in [-0.3, -0.25) is 4.79 Å². The third kappa shape index (κ3) is 5.48. The summed E-state index contributed by atoms with van der Waals surface area (Å²) in [4.78, 5) is 16.0. The van der Waals surface area contributed by atoms with Crippen molar-refractivity contribution in [2.45, 2.75) is 39.3 Å². The Labute approximate surface area is 197 Å². The SMILES string of the molecule is COCCCn1c(C(=O)N(C[C@H]2CNC[C@@H]2Cc2ccccc2)C(C)C)cc2ccccc21. The van der Waals surface area contributed by atoms with Gasteiger partial charge in [0, 0.05) is 43.8 Å². The molecule has 1 aliphatic heterocycles. The zero-order chi connectivity index (χ0) is 23.2. The smallest absolute Gasteiger partial charge is 0.270 e. The first kappa shape index (κ1) is 23.5. The lowest BCUT2D eigenvalue weighted by Gasteiger charge is -2.32. The van der Waals surface area contributed by atoms with Crippen LogP contribution in [0, 0.1) is 11.8 Å². The standard InChI is InChI=1S/C28H37N3O2/c1-21(2)31(20-25-19-29-18-24(25)16-22-10-5-4-6-11-22)28(32)27-17-23-12-7-8-13-26(23)30(27)14-9-15-33-3/h4-8,10-13,17,21,24-25,29H,9,14-16,18-20H2,1-3H3/t24-,25+/m0/s1. The molecule has 1 aromatic heterocycles. The Balaban J connectivity index is 1.56. The predicted molar refractivity (Wildman–Crippen MR) is 135 cm³/mol. The van der Waals surface area contributed by atoms with Gasteiger partial charge in [0.2, 0.25) is 0 Å². The average molecular weight is 448 g/mol. The van der Waals surface area contributed by atoms with E-state index in [1.807, 2.05) is 12.1 Å². The summed E-state index contributed by atoms with van der Waals surface area (Å²) in [6.07, 6.45) is 1.93. The number of ether oxygens (including phenoxy) is 1. The molecule has 0 saturated carbocycles. The topological polar surface area (TPSA) is 46.5 Å². The normalized spacial score (nSPS) is 18.3. The van der Waals surface area contributed by atoms with E-state index in [-0.39, 0.29) is 11.9 Å². The van der Waals surface area contributed by atoms with Crippen LogP contribution in [0.15, 0.2) is 60.7 Å². The molecule has 1 fully saturated rings. The van der Waals surface area contributed by atoms with Gasteiger partial charge >= 0.3 is 0 Å². The largest absolute Gasteiger partial charge is 0.385 e. The predicted octanol–water partition coefficient (Wildman–Crippen LogP) is 4.61. The molecular formula is C28H37N3O2. The second kappa shape index (κ2) is 11.0. The molecule has 176 valence electrons. The van der Waals surface area contributed by atoms with Gasteiger partial charge in [-0.2, -0.15) is 0 Å². The number of hydrogen-bond acceptors (Lipinski definition) is 3. The molecule has 0 unspecified atom stereocenters. The number of aryl methyl sites for hydroxylation is 1. The van der Waals surface area contributed by atoms with Gasteiger partial charge in [-0.1, -0.05) is 48.5 Å². The Morgan fingerprint density at radius 3 is 2.58 bits per heavy atom. The van der Waals surface area contributed by atoms with Crippen molar-refractivity contribution in [1.82, 2.24) is 14.8 Å². The number of aromatic nitrogens is 1. The number of hydrogen-bond donors (Lipinski definition) is 1. The lowest BCUT2D eigenvalue weighted by molar-refractivity contribution is 0.0650. The highest BCUT2D eigenvalue weighted by Gasteiger charge is 2.32. The van der Waals surface area contributed by atoms with Crippen molar-refractivity contribution < 1.29 is 9.53 Å². The minimum Gasteiger partial charge on any atom is -0.385 e. The Kier molecular flexibility index (Phi) is 7.84. The molecule has 1 amide bonds. The summed E-state index contributed by atoms with van der Waals surface area (Å²) in [7, 11) is 1.72. The number of nitrogens with one attached hydrogen (secondary N) is 1. The molecule has 2 heterocycles. The molecule has 1 saturated heterocycles. The fourth-order valence-corrected chi connectivity index (χ4v) is 5.08. The third-order valence-electron chi connectivity index (χ3n) is 6.90. The summed E-state index contributed by atoms with van der Waals surface area (Å²) in [6, 6.07) is 21.2. The Bertz CT molecular complexity index is 1040. The van der Waals surface area contributed by atoms with Crippen molar-refractivity contribution in [2.24, 2.45) is 11.8 Å². The van der Waals surface area contributed by atoms with Gasteiger partial charge in [0.15, 0.2) is 0 Å². The Morgan fingerprint density at radius 2 is 1.82 bits per heavy atom. The zero-order valence-electron chi connectivity index (χ0n) is 20.2. The number of carbonyl (C=O) groups is 1. The van der Waals surface area contributed by atoms with Crippen molar-refractivity contribution in [3.05, 3.63) is 71.9 Å². The van der Waals surface area contributed by atoms with Crippen LogP contribution in [0.2, 0.25) is 0 Å². The van der Waals surface area contributed by atoms with E-state index in [4.69, 9.17) is 4.74 Å². The first-order valence-corrected chi connectivity index (χ1v) is 12.2. The molecule has 5 heteroatoms. The van der Waals surface area contributed by atoms with Gasteiger partial charge in [0.25, 0.3) is 5.91 Å². The second-order valence-corrected chi connectivity index (χ2v) is 9.51. The van der Waals surface area contributed by atoms with Gasteiger partial charge in [-0.25, -0.2) is 0 Å². The van der Waals surface area contributed by atoms with Crippen molar-refractivity contribution >= 4 is 16.8 Å². The van der Waals surface area contributed by atoms with Gasteiger partial charge in [-0.15, -0.1) is 0 Å². The second-order valence-electron chi connectivity index (χ2n) is 9.51. The van der Waals surface area contributed by atoms with Crippen LogP contribution in [0.1, 0.15) is 36.3 Å². The van der Waals surface area contributed by atoms with Crippen molar-refractivity contribution in [1.29, 1.82) is 0 Å². The van der Waals surface area contributed by atoms with Crippen LogP contribution in [-0.4, -0.2) is 54.8 Å². The van der Waals surface area contributed by atoms with Crippen LogP contribution in [-0.2, 0) is 17.7 Å². The monoisotopic (exact) mass is 447 g/mol. The highest BCUT2D eigenvalue weighted by Crippen LogP contribution is 2.26. The summed E-state index contributed by atoms with van der Waals surface area (Å²) < 4.78 is 7.45. The molecule has 2 atom stereocenters. The zero-order valence-corrected chi connectivity index (χ0v) is 20.2. The lowest BCUT2D eigenvalue weighted by Crippen LogP contribution is -2.43. The van der Waals surface area contributed by atoms with Crippen LogP contribution >= 0.6 is 0 Å². The number of rotatable bonds is 10. The van der Waals surface area contributed by atoms with E-state index >= 15 is 0 Å². The fourth-order valence-electron chi connectivity index (χ4n) is 5.08. The Hall–Kier alpha value is -2.63. The maximum absolute atomic E-state index is 13.9. The minimum atomic E-state index is 0.129. The molecule has 2 aromatic carbocycles. The van der Waals surface area contributed by atoms with Crippen LogP contribution in [0.5, 0.6) is 0 Å². The molecule has 1 N–H and O–H groups in total. The van der Waals surface area contributed by atoms with E-state index in [0.29, 0.717) is 18.4 Å². The summed E-state index contributed by atoms with van der Waals surface area (Å²) in [5.41, 5.74) is 3.27. The number of methoxy groups -OCH3 is 1.